The highest BCUT2D eigenvalue weighted by molar-refractivity contribution is 7.71. The van der Waals surface area contributed by atoms with Crippen molar-refractivity contribution in [1.29, 1.82) is 0 Å². The fraction of sp³-hybridized carbons (Fsp3) is 0.500. The van der Waals surface area contributed by atoms with Gasteiger partial charge in [-0.2, -0.15) is 0 Å². The number of nitrogens with one attached hydrogen (secondary N) is 1. The third-order valence-corrected chi connectivity index (χ3v) is 3.52. The summed E-state index contributed by atoms with van der Waals surface area (Å²) in [6.07, 6.45) is 2.19. The van der Waals surface area contributed by atoms with E-state index in [-0.39, 0.29) is 0 Å². The van der Waals surface area contributed by atoms with Gasteiger partial charge in [-0.25, -0.2) is 0 Å². The molecule has 0 saturated heterocycles. The summed E-state index contributed by atoms with van der Waals surface area (Å²) in [7, 11) is 1.74. The molecule has 1 N–H and O–H groups in total. The molecule has 1 atom stereocenters. The Morgan fingerprint density at radius 3 is 2.89 bits per heavy atom. The Morgan fingerprint density at radius 1 is 1.44 bits per heavy atom. The van der Waals surface area contributed by atoms with E-state index in [0.29, 0.717) is 12.6 Å². The van der Waals surface area contributed by atoms with Gasteiger partial charge in [0.05, 0.1) is 23.7 Å². The normalized spacial score (nSPS) is 13.1. The van der Waals surface area contributed by atoms with Crippen molar-refractivity contribution in [2.75, 3.05) is 13.7 Å². The van der Waals surface area contributed by atoms with Crippen LogP contribution in [0.15, 0.2) is 18.2 Å². The zero-order chi connectivity index (χ0) is 13.1. The fourth-order valence-corrected chi connectivity index (χ4v) is 2.78. The lowest BCUT2D eigenvalue weighted by atomic mass is 10.1. The van der Waals surface area contributed by atoms with Crippen molar-refractivity contribution in [3.05, 3.63) is 28.5 Å². The minimum absolute atomic E-state index is 0.309. The first-order valence-corrected chi connectivity index (χ1v) is 6.78. The molecule has 2 rings (SSSR count). The van der Waals surface area contributed by atoms with Gasteiger partial charge in [-0.3, -0.25) is 0 Å². The molecule has 0 radical (unpaired) electrons. The number of nitrogens with zero attached hydrogens (tertiary/aromatic N) is 1. The van der Waals surface area contributed by atoms with E-state index in [9.17, 15) is 0 Å². The van der Waals surface area contributed by atoms with E-state index in [2.05, 4.69) is 41.6 Å². The van der Waals surface area contributed by atoms with Gasteiger partial charge >= 0.3 is 0 Å². The predicted molar refractivity (Wildman–Crippen MR) is 77.7 cm³/mol. The van der Waals surface area contributed by atoms with Gasteiger partial charge in [0.25, 0.3) is 0 Å². The lowest BCUT2D eigenvalue weighted by Crippen LogP contribution is -2.14. The molecule has 0 fully saturated rings. The van der Waals surface area contributed by atoms with Gasteiger partial charge in [-0.1, -0.05) is 19.4 Å². The number of ether oxygens (including phenoxy) is 1. The first-order valence-electron chi connectivity index (χ1n) is 6.37. The summed E-state index contributed by atoms with van der Waals surface area (Å²) in [5.41, 5.74) is 3.52. The molecule has 2 aromatic rings. The predicted octanol–water partition coefficient (Wildman–Crippen LogP) is 3.99. The van der Waals surface area contributed by atoms with Gasteiger partial charge < -0.3 is 14.3 Å². The SMILES string of the molecule is CCCC(COC)n1c(=S)[nH]c2cc(C)ccc21. The number of aromatic nitrogens is 2. The number of imidazole rings is 1. The monoisotopic (exact) mass is 264 g/mol. The molecule has 1 unspecified atom stereocenters. The van der Waals surface area contributed by atoms with Crippen molar-refractivity contribution in [2.24, 2.45) is 0 Å². The lowest BCUT2D eigenvalue weighted by molar-refractivity contribution is 0.151. The highest BCUT2D eigenvalue weighted by Crippen LogP contribution is 2.23. The van der Waals surface area contributed by atoms with Crippen molar-refractivity contribution in [3.8, 4) is 0 Å². The Labute approximate surface area is 113 Å². The molecule has 0 aliphatic rings. The Kier molecular flexibility index (Phi) is 4.19. The molecule has 1 aromatic heterocycles. The Morgan fingerprint density at radius 2 is 2.22 bits per heavy atom. The summed E-state index contributed by atoms with van der Waals surface area (Å²) in [6, 6.07) is 6.70. The summed E-state index contributed by atoms with van der Waals surface area (Å²) in [5.74, 6) is 0. The molecular formula is C14H20N2OS. The number of hydrogen-bond acceptors (Lipinski definition) is 2. The molecule has 0 bridgehead atoms. The molecule has 0 amide bonds. The lowest BCUT2D eigenvalue weighted by Gasteiger charge is -2.18. The smallest absolute Gasteiger partial charge is 0.178 e. The second kappa shape index (κ2) is 5.67. The van der Waals surface area contributed by atoms with Gasteiger partial charge in [-0.05, 0) is 43.3 Å². The molecule has 0 aliphatic heterocycles. The second-order valence-electron chi connectivity index (χ2n) is 4.72. The zero-order valence-electron chi connectivity index (χ0n) is 11.2. The van der Waals surface area contributed by atoms with Crippen LogP contribution in [0, 0.1) is 11.7 Å². The number of fused-ring (bicyclic) bond motifs is 1. The van der Waals surface area contributed by atoms with Crippen LogP contribution in [0.2, 0.25) is 0 Å². The van der Waals surface area contributed by atoms with Gasteiger partial charge in [0.1, 0.15) is 0 Å². The number of H-pyrrole nitrogens is 1. The van der Waals surface area contributed by atoms with E-state index in [1.54, 1.807) is 7.11 Å². The molecule has 0 spiro atoms. The van der Waals surface area contributed by atoms with Crippen molar-refractivity contribution in [1.82, 2.24) is 9.55 Å². The van der Waals surface area contributed by atoms with Gasteiger partial charge in [0.2, 0.25) is 0 Å². The second-order valence-corrected chi connectivity index (χ2v) is 5.11. The molecule has 3 nitrogen and oxygen atoms in total. The Balaban J connectivity index is 2.54. The van der Waals surface area contributed by atoms with E-state index in [1.165, 1.54) is 11.1 Å². The topological polar surface area (TPSA) is 29.9 Å². The number of aromatic amines is 1. The molecule has 4 heteroatoms. The minimum atomic E-state index is 0.309. The van der Waals surface area contributed by atoms with Gasteiger partial charge in [0, 0.05) is 7.11 Å². The van der Waals surface area contributed by atoms with Crippen molar-refractivity contribution >= 4 is 23.3 Å². The molecule has 18 heavy (non-hydrogen) atoms. The number of methoxy groups -OCH3 is 1. The highest BCUT2D eigenvalue weighted by Gasteiger charge is 2.14. The average molecular weight is 264 g/mol. The van der Waals surface area contributed by atoms with Crippen molar-refractivity contribution in [3.63, 3.8) is 0 Å². The molecular weight excluding hydrogens is 244 g/mol. The third-order valence-electron chi connectivity index (χ3n) is 3.22. The van der Waals surface area contributed by atoms with E-state index in [4.69, 9.17) is 17.0 Å². The number of hydrogen-bond donors (Lipinski definition) is 1. The van der Waals surface area contributed by atoms with Gasteiger partial charge in [-0.15, -0.1) is 0 Å². The number of benzene rings is 1. The van der Waals surface area contributed by atoms with Crippen LogP contribution in [0.1, 0.15) is 31.4 Å². The minimum Gasteiger partial charge on any atom is -0.383 e. The van der Waals surface area contributed by atoms with E-state index < -0.39 is 0 Å². The van der Waals surface area contributed by atoms with Crippen LogP contribution >= 0.6 is 12.2 Å². The third kappa shape index (κ3) is 2.49. The van der Waals surface area contributed by atoms with Crippen LogP contribution in [0.5, 0.6) is 0 Å². The Bertz CT molecular complexity index is 579. The van der Waals surface area contributed by atoms with E-state index in [1.807, 2.05) is 0 Å². The summed E-state index contributed by atoms with van der Waals surface area (Å²) in [4.78, 5) is 3.29. The maximum Gasteiger partial charge on any atom is 0.178 e. The molecule has 1 aromatic carbocycles. The fourth-order valence-electron chi connectivity index (χ4n) is 2.42. The van der Waals surface area contributed by atoms with Crippen LogP contribution in [0.25, 0.3) is 11.0 Å². The average Bonchev–Trinajstić information content (AvgIpc) is 2.64. The van der Waals surface area contributed by atoms with Crippen LogP contribution < -0.4 is 0 Å². The quantitative estimate of drug-likeness (QED) is 0.827. The summed E-state index contributed by atoms with van der Waals surface area (Å²) < 4.78 is 8.30. The largest absolute Gasteiger partial charge is 0.383 e. The van der Waals surface area contributed by atoms with E-state index >= 15 is 0 Å². The standard InChI is InChI=1S/C14H20N2OS/c1-4-5-11(9-17-3)16-13-7-6-10(2)8-12(13)15-14(16)18/h6-8,11H,4-5,9H2,1-3H3,(H,15,18). The Hall–Kier alpha value is -1.13. The zero-order valence-corrected chi connectivity index (χ0v) is 12.0. The molecule has 1 heterocycles. The van der Waals surface area contributed by atoms with Crippen molar-refractivity contribution < 1.29 is 4.74 Å². The van der Waals surface area contributed by atoms with Crippen LogP contribution in [0.4, 0.5) is 0 Å². The van der Waals surface area contributed by atoms with Crippen molar-refractivity contribution in [2.45, 2.75) is 32.7 Å². The number of aryl methyl sites for hydroxylation is 1. The summed E-state index contributed by atoms with van der Waals surface area (Å²) >= 11 is 5.45. The van der Waals surface area contributed by atoms with Crippen LogP contribution in [-0.4, -0.2) is 23.3 Å². The van der Waals surface area contributed by atoms with E-state index in [0.717, 1.165) is 23.1 Å². The molecule has 0 aliphatic carbocycles. The maximum absolute atomic E-state index is 5.45. The first kappa shape index (κ1) is 13.3. The maximum atomic E-state index is 5.45. The first-order chi connectivity index (χ1) is 8.67. The van der Waals surface area contributed by atoms with Crippen LogP contribution in [0.3, 0.4) is 0 Å². The van der Waals surface area contributed by atoms with Crippen LogP contribution in [-0.2, 0) is 4.74 Å². The molecule has 98 valence electrons. The summed E-state index contributed by atoms with van der Waals surface area (Å²) in [6.45, 7) is 4.97. The molecule has 0 saturated carbocycles. The number of rotatable bonds is 5. The summed E-state index contributed by atoms with van der Waals surface area (Å²) in [5, 5.41) is 0. The van der Waals surface area contributed by atoms with Gasteiger partial charge in [0.15, 0.2) is 4.77 Å². The highest BCUT2D eigenvalue weighted by atomic mass is 32.1.